The van der Waals surface area contributed by atoms with Crippen LogP contribution in [0.1, 0.15) is 6.92 Å². The van der Waals surface area contributed by atoms with E-state index in [1.54, 1.807) is 0 Å². The molecule has 4 heterocycles. The molecule has 4 aromatic rings. The maximum Gasteiger partial charge on any atom is 0.252 e. The van der Waals surface area contributed by atoms with Crippen molar-refractivity contribution in [2.45, 2.75) is 6.92 Å². The van der Waals surface area contributed by atoms with Gasteiger partial charge in [-0.3, -0.25) is 0 Å². The Morgan fingerprint density at radius 3 is 2.17 bits per heavy atom. The molecule has 0 aliphatic carbocycles. The highest BCUT2D eigenvalue weighted by Crippen LogP contribution is 2.56. The topological polar surface area (TPSA) is 24.9 Å². The van der Waals surface area contributed by atoms with Gasteiger partial charge in [-0.1, -0.05) is 60.7 Å². The molecular formula is C30H21BN2O2. The molecule has 0 fully saturated rings. The lowest BCUT2D eigenvalue weighted by Gasteiger charge is -2.48. The number of para-hydroxylation sites is 4. The fourth-order valence-electron chi connectivity index (χ4n) is 6.09. The SMILES string of the molecule is C/C=C\C=C1/COc2cc3c4c5c2N1c1ccccc1B5c1ccccc1N4c1ccccc1O3. The minimum absolute atomic E-state index is 0.0946. The molecule has 4 nitrogen and oxygen atoms in total. The Kier molecular flexibility index (Phi) is 3.70. The Bertz CT molecular complexity index is 1620. The Hall–Kier alpha value is -4.38. The number of allylic oxidation sites excluding steroid dienone is 3. The second-order valence-corrected chi connectivity index (χ2v) is 9.25. The molecule has 0 aromatic heterocycles. The van der Waals surface area contributed by atoms with E-state index in [1.807, 2.05) is 19.1 Å². The number of benzene rings is 4. The first kappa shape index (κ1) is 19.0. The summed E-state index contributed by atoms with van der Waals surface area (Å²) in [6.45, 7) is 2.64. The third-order valence-corrected chi connectivity index (χ3v) is 7.42. The van der Waals surface area contributed by atoms with Crippen molar-refractivity contribution in [3.63, 3.8) is 0 Å². The number of ether oxygens (including phenoxy) is 2. The van der Waals surface area contributed by atoms with Crippen molar-refractivity contribution in [1.82, 2.24) is 0 Å². The molecule has 4 aromatic carbocycles. The van der Waals surface area contributed by atoms with E-state index in [1.165, 1.54) is 27.8 Å². The third kappa shape index (κ3) is 2.37. The quantitative estimate of drug-likeness (QED) is 0.312. The van der Waals surface area contributed by atoms with Crippen LogP contribution in [0.25, 0.3) is 0 Å². The summed E-state index contributed by atoms with van der Waals surface area (Å²) in [6.07, 6.45) is 6.30. The predicted molar refractivity (Wildman–Crippen MR) is 143 cm³/mol. The van der Waals surface area contributed by atoms with Crippen LogP contribution in [0, 0.1) is 0 Å². The van der Waals surface area contributed by atoms with Crippen LogP contribution in [-0.2, 0) is 0 Å². The monoisotopic (exact) mass is 452 g/mol. The molecule has 0 saturated carbocycles. The second kappa shape index (κ2) is 6.83. The average Bonchev–Trinajstić information content (AvgIpc) is 2.91. The van der Waals surface area contributed by atoms with Gasteiger partial charge in [-0.15, -0.1) is 0 Å². The van der Waals surface area contributed by atoms with Crippen LogP contribution in [0.2, 0.25) is 0 Å². The number of nitrogens with zero attached hydrogens (tertiary/aromatic N) is 2. The molecule has 5 heteroatoms. The minimum atomic E-state index is 0.0946. The average molecular weight is 452 g/mol. The maximum absolute atomic E-state index is 6.53. The van der Waals surface area contributed by atoms with Crippen molar-refractivity contribution < 1.29 is 9.47 Å². The molecule has 0 bridgehead atoms. The molecule has 166 valence electrons. The largest absolute Gasteiger partial charge is 0.485 e. The van der Waals surface area contributed by atoms with Gasteiger partial charge in [-0.25, -0.2) is 0 Å². The van der Waals surface area contributed by atoms with Gasteiger partial charge in [0.05, 0.1) is 22.8 Å². The van der Waals surface area contributed by atoms with Crippen LogP contribution in [0.4, 0.5) is 28.4 Å². The Labute approximate surface area is 204 Å². The summed E-state index contributed by atoms with van der Waals surface area (Å²) in [5.41, 5.74) is 10.7. The molecule has 0 radical (unpaired) electrons. The van der Waals surface area contributed by atoms with Gasteiger partial charge >= 0.3 is 0 Å². The van der Waals surface area contributed by atoms with Crippen LogP contribution in [0.15, 0.2) is 103 Å². The van der Waals surface area contributed by atoms with E-state index in [0.717, 1.165) is 40.0 Å². The standard InChI is InChI=1S/C30H21BN2O2/c1-2-3-10-19-18-34-26-17-27-30-28-29(26)32(19)22-13-6-4-11-20(22)31(28)21-12-5-7-14-23(21)33(30)24-15-8-9-16-25(24)35-27/h2-17H,18H2,1H3/b3-2-,19-10+. The first-order valence-corrected chi connectivity index (χ1v) is 12.1. The normalized spacial score (nSPS) is 16.8. The molecule has 0 amide bonds. The van der Waals surface area contributed by atoms with Crippen molar-refractivity contribution in [1.29, 1.82) is 0 Å². The van der Waals surface area contributed by atoms with Gasteiger partial charge in [0.1, 0.15) is 12.4 Å². The summed E-state index contributed by atoms with van der Waals surface area (Å²) in [4.78, 5) is 4.78. The lowest BCUT2D eigenvalue weighted by Crippen LogP contribution is -2.62. The van der Waals surface area contributed by atoms with E-state index < -0.39 is 0 Å². The summed E-state index contributed by atoms with van der Waals surface area (Å²) in [7, 11) is 0. The Balaban J connectivity index is 1.52. The number of rotatable bonds is 1. The highest BCUT2D eigenvalue weighted by molar-refractivity contribution is 7.00. The van der Waals surface area contributed by atoms with E-state index in [-0.39, 0.29) is 6.71 Å². The van der Waals surface area contributed by atoms with Gasteiger partial charge in [0.15, 0.2) is 11.5 Å². The van der Waals surface area contributed by atoms with Gasteiger partial charge in [-0.05, 0) is 53.7 Å². The summed E-state index contributed by atoms with van der Waals surface area (Å²) < 4.78 is 12.9. The van der Waals surface area contributed by atoms with Crippen molar-refractivity contribution in [3.05, 3.63) is 103 Å². The molecule has 0 N–H and O–H groups in total. The van der Waals surface area contributed by atoms with E-state index in [4.69, 9.17) is 9.47 Å². The van der Waals surface area contributed by atoms with Gasteiger partial charge < -0.3 is 19.3 Å². The number of hydrogen-bond donors (Lipinski definition) is 0. The Morgan fingerprint density at radius 2 is 1.40 bits per heavy atom. The van der Waals surface area contributed by atoms with Crippen molar-refractivity contribution >= 4 is 51.5 Å². The first-order valence-electron chi connectivity index (χ1n) is 12.1. The summed E-state index contributed by atoms with van der Waals surface area (Å²) in [6, 6.07) is 27.9. The van der Waals surface area contributed by atoms with Crippen molar-refractivity contribution in [2.75, 3.05) is 16.4 Å². The number of hydrogen-bond acceptors (Lipinski definition) is 4. The van der Waals surface area contributed by atoms with Crippen LogP contribution < -0.4 is 35.7 Å². The van der Waals surface area contributed by atoms with Crippen molar-refractivity contribution in [2.24, 2.45) is 0 Å². The van der Waals surface area contributed by atoms with Crippen LogP contribution >= 0.6 is 0 Å². The Morgan fingerprint density at radius 1 is 0.743 bits per heavy atom. The van der Waals surface area contributed by atoms with Gasteiger partial charge in [0.25, 0.3) is 6.71 Å². The molecular weight excluding hydrogens is 431 g/mol. The molecule has 0 atom stereocenters. The summed E-state index contributed by atoms with van der Waals surface area (Å²) in [5.74, 6) is 2.57. The van der Waals surface area contributed by atoms with E-state index >= 15 is 0 Å². The number of anilines is 5. The lowest BCUT2D eigenvalue weighted by atomic mass is 9.33. The fourth-order valence-corrected chi connectivity index (χ4v) is 6.09. The van der Waals surface area contributed by atoms with E-state index in [9.17, 15) is 0 Å². The zero-order valence-electron chi connectivity index (χ0n) is 19.2. The third-order valence-electron chi connectivity index (χ3n) is 7.42. The van der Waals surface area contributed by atoms with E-state index in [0.29, 0.717) is 6.61 Å². The zero-order valence-corrected chi connectivity index (χ0v) is 19.2. The molecule has 0 spiro atoms. The minimum Gasteiger partial charge on any atom is -0.485 e. The molecule has 4 aliphatic heterocycles. The lowest BCUT2D eigenvalue weighted by molar-refractivity contribution is 0.337. The predicted octanol–water partition coefficient (Wildman–Crippen LogP) is 5.40. The molecule has 4 aliphatic rings. The van der Waals surface area contributed by atoms with E-state index in [2.05, 4.69) is 94.8 Å². The molecule has 35 heavy (non-hydrogen) atoms. The van der Waals surface area contributed by atoms with Crippen LogP contribution in [-0.4, -0.2) is 13.3 Å². The molecule has 8 rings (SSSR count). The summed E-state index contributed by atoms with van der Waals surface area (Å²) >= 11 is 0. The van der Waals surface area contributed by atoms with Gasteiger partial charge in [0, 0.05) is 17.4 Å². The maximum atomic E-state index is 6.53. The summed E-state index contributed by atoms with van der Waals surface area (Å²) in [5, 5.41) is 0. The van der Waals surface area contributed by atoms with Gasteiger partial charge in [-0.2, -0.15) is 0 Å². The second-order valence-electron chi connectivity index (χ2n) is 9.25. The van der Waals surface area contributed by atoms with Crippen LogP contribution in [0.5, 0.6) is 17.2 Å². The zero-order chi connectivity index (χ0) is 23.1. The highest BCUT2D eigenvalue weighted by Gasteiger charge is 2.48. The van der Waals surface area contributed by atoms with Crippen LogP contribution in [0.3, 0.4) is 0 Å². The molecule has 0 unspecified atom stereocenters. The smallest absolute Gasteiger partial charge is 0.252 e. The fraction of sp³-hybridized carbons (Fsp3) is 0.0667. The van der Waals surface area contributed by atoms with Gasteiger partial charge in [0.2, 0.25) is 0 Å². The first-order chi connectivity index (χ1) is 17.3. The highest BCUT2D eigenvalue weighted by atomic mass is 16.5. The molecule has 0 saturated heterocycles. The van der Waals surface area contributed by atoms with Crippen molar-refractivity contribution in [3.8, 4) is 17.2 Å². The number of fused-ring (bicyclic) bond motifs is 8.